The van der Waals surface area contributed by atoms with Crippen molar-refractivity contribution >= 4 is 32.5 Å². The third-order valence-corrected chi connectivity index (χ3v) is 3.81. The van der Waals surface area contributed by atoms with Crippen molar-refractivity contribution in [3.05, 3.63) is 63.6 Å². The van der Waals surface area contributed by atoms with Crippen molar-refractivity contribution in [3.63, 3.8) is 0 Å². The Labute approximate surface area is 124 Å². The molecule has 2 heterocycles. The number of rotatable bonds is 3. The number of hydrogen-bond donors (Lipinski definition) is 1. The largest absolute Gasteiger partial charge is 0.398 e. The summed E-state index contributed by atoms with van der Waals surface area (Å²) in [4.78, 5) is 11.7. The minimum Gasteiger partial charge on any atom is -0.398 e. The van der Waals surface area contributed by atoms with E-state index in [1.54, 1.807) is 16.8 Å². The molecule has 0 aliphatic heterocycles. The van der Waals surface area contributed by atoms with E-state index >= 15 is 0 Å². The highest BCUT2D eigenvalue weighted by molar-refractivity contribution is 9.10. The first kappa shape index (κ1) is 13.0. The number of nitrogens with two attached hydrogens (primary N) is 1. The van der Waals surface area contributed by atoms with E-state index in [-0.39, 0.29) is 5.56 Å². The molecule has 0 aliphatic rings. The SMILES string of the molecule is Nc1ccc(=O)n(CCn2ccc3cc(Br)ccc32)c1. The van der Waals surface area contributed by atoms with Gasteiger partial charge in [0.15, 0.2) is 0 Å². The van der Waals surface area contributed by atoms with Crippen molar-refractivity contribution in [2.24, 2.45) is 0 Å². The summed E-state index contributed by atoms with van der Waals surface area (Å²) in [7, 11) is 0. The Balaban J connectivity index is 1.87. The monoisotopic (exact) mass is 331 g/mol. The Kier molecular flexibility index (Phi) is 3.36. The van der Waals surface area contributed by atoms with E-state index in [2.05, 4.69) is 38.7 Å². The molecule has 1 aromatic carbocycles. The molecule has 0 atom stereocenters. The summed E-state index contributed by atoms with van der Waals surface area (Å²) in [6.45, 7) is 1.33. The zero-order chi connectivity index (χ0) is 14.1. The maximum absolute atomic E-state index is 11.7. The second-order valence-corrected chi connectivity index (χ2v) is 5.62. The summed E-state index contributed by atoms with van der Waals surface area (Å²) in [6.07, 6.45) is 3.72. The highest BCUT2D eigenvalue weighted by Crippen LogP contribution is 2.20. The molecule has 0 aliphatic carbocycles. The highest BCUT2D eigenvalue weighted by Gasteiger charge is 2.02. The fourth-order valence-corrected chi connectivity index (χ4v) is 2.68. The Morgan fingerprint density at radius 2 is 1.85 bits per heavy atom. The number of hydrogen-bond acceptors (Lipinski definition) is 2. The Morgan fingerprint density at radius 1 is 1.05 bits per heavy atom. The summed E-state index contributed by atoms with van der Waals surface area (Å²) in [5.41, 5.74) is 7.44. The number of anilines is 1. The van der Waals surface area contributed by atoms with Crippen LogP contribution in [-0.2, 0) is 13.1 Å². The average molecular weight is 332 g/mol. The van der Waals surface area contributed by atoms with Gasteiger partial charge in [0.2, 0.25) is 0 Å². The molecule has 102 valence electrons. The number of pyridine rings is 1. The predicted molar refractivity (Wildman–Crippen MR) is 84.8 cm³/mol. The van der Waals surface area contributed by atoms with E-state index in [4.69, 9.17) is 5.73 Å². The summed E-state index contributed by atoms with van der Waals surface area (Å²) in [5.74, 6) is 0. The van der Waals surface area contributed by atoms with Crippen molar-refractivity contribution in [1.29, 1.82) is 0 Å². The summed E-state index contributed by atoms with van der Waals surface area (Å²) >= 11 is 3.47. The molecular formula is C15H14BrN3O. The summed E-state index contributed by atoms with van der Waals surface area (Å²) < 4.78 is 4.84. The second-order valence-electron chi connectivity index (χ2n) is 4.71. The van der Waals surface area contributed by atoms with Gasteiger partial charge in [0.05, 0.1) is 0 Å². The van der Waals surface area contributed by atoms with Crippen LogP contribution in [0.1, 0.15) is 0 Å². The fraction of sp³-hybridized carbons (Fsp3) is 0.133. The van der Waals surface area contributed by atoms with Gasteiger partial charge in [0, 0.05) is 52.6 Å². The van der Waals surface area contributed by atoms with Crippen LogP contribution in [0.15, 0.2) is 58.1 Å². The number of halogens is 1. The lowest BCUT2D eigenvalue weighted by molar-refractivity contribution is 0.578. The normalized spacial score (nSPS) is 11.1. The smallest absolute Gasteiger partial charge is 0.250 e. The zero-order valence-electron chi connectivity index (χ0n) is 10.8. The Hall–Kier alpha value is -2.01. The van der Waals surface area contributed by atoms with Gasteiger partial charge in [-0.25, -0.2) is 0 Å². The molecule has 0 bridgehead atoms. The Morgan fingerprint density at radius 3 is 2.70 bits per heavy atom. The van der Waals surface area contributed by atoms with Crippen molar-refractivity contribution in [2.75, 3.05) is 5.73 Å². The van der Waals surface area contributed by atoms with E-state index in [1.807, 2.05) is 12.3 Å². The first-order valence-electron chi connectivity index (χ1n) is 6.34. The molecule has 20 heavy (non-hydrogen) atoms. The third-order valence-electron chi connectivity index (χ3n) is 3.32. The van der Waals surface area contributed by atoms with Gasteiger partial charge in [0.1, 0.15) is 0 Å². The molecule has 3 rings (SSSR count). The molecule has 0 spiro atoms. The van der Waals surface area contributed by atoms with Crippen LogP contribution in [0.5, 0.6) is 0 Å². The minimum absolute atomic E-state index is 0.0293. The maximum Gasteiger partial charge on any atom is 0.250 e. The van der Waals surface area contributed by atoms with Crippen LogP contribution in [0.2, 0.25) is 0 Å². The summed E-state index contributed by atoms with van der Waals surface area (Å²) in [5, 5.41) is 1.18. The predicted octanol–water partition coefficient (Wildman–Crippen LogP) is 2.85. The maximum atomic E-state index is 11.7. The van der Waals surface area contributed by atoms with Crippen LogP contribution in [0.3, 0.4) is 0 Å². The number of fused-ring (bicyclic) bond motifs is 1. The Bertz CT molecular complexity index is 819. The topological polar surface area (TPSA) is 53.0 Å². The van der Waals surface area contributed by atoms with Crippen LogP contribution in [-0.4, -0.2) is 9.13 Å². The highest BCUT2D eigenvalue weighted by atomic mass is 79.9. The molecule has 0 amide bonds. The number of aryl methyl sites for hydroxylation is 2. The molecule has 3 aromatic rings. The molecule has 2 N–H and O–H groups in total. The lowest BCUT2D eigenvalue weighted by Crippen LogP contribution is -2.21. The van der Waals surface area contributed by atoms with Crippen molar-refractivity contribution in [3.8, 4) is 0 Å². The average Bonchev–Trinajstić information content (AvgIpc) is 2.82. The van der Waals surface area contributed by atoms with Crippen LogP contribution in [0.4, 0.5) is 5.69 Å². The van der Waals surface area contributed by atoms with E-state index in [0.717, 1.165) is 16.5 Å². The van der Waals surface area contributed by atoms with Crippen LogP contribution in [0, 0.1) is 0 Å². The van der Waals surface area contributed by atoms with Gasteiger partial charge in [-0.1, -0.05) is 15.9 Å². The molecular weight excluding hydrogens is 318 g/mol. The van der Waals surface area contributed by atoms with Crippen LogP contribution in [0.25, 0.3) is 10.9 Å². The lowest BCUT2D eigenvalue weighted by Gasteiger charge is -2.08. The molecule has 0 radical (unpaired) electrons. The zero-order valence-corrected chi connectivity index (χ0v) is 12.4. The lowest BCUT2D eigenvalue weighted by atomic mass is 10.2. The quantitative estimate of drug-likeness (QED) is 0.802. The van der Waals surface area contributed by atoms with Crippen LogP contribution < -0.4 is 11.3 Å². The molecule has 0 fully saturated rings. The van der Waals surface area contributed by atoms with Gasteiger partial charge >= 0.3 is 0 Å². The molecule has 0 saturated heterocycles. The first-order chi connectivity index (χ1) is 9.63. The first-order valence-corrected chi connectivity index (χ1v) is 7.13. The second kappa shape index (κ2) is 5.17. The van der Waals surface area contributed by atoms with Crippen molar-refractivity contribution in [2.45, 2.75) is 13.1 Å². The summed E-state index contributed by atoms with van der Waals surface area (Å²) in [6, 6.07) is 11.4. The molecule has 0 saturated carbocycles. The molecule has 5 heteroatoms. The number of nitrogens with zero attached hydrogens (tertiary/aromatic N) is 2. The minimum atomic E-state index is -0.0293. The van der Waals surface area contributed by atoms with E-state index in [9.17, 15) is 4.79 Å². The van der Waals surface area contributed by atoms with E-state index < -0.39 is 0 Å². The van der Waals surface area contributed by atoms with Gasteiger partial charge < -0.3 is 14.9 Å². The van der Waals surface area contributed by atoms with Gasteiger partial charge in [-0.05, 0) is 30.3 Å². The van der Waals surface area contributed by atoms with E-state index in [0.29, 0.717) is 12.2 Å². The van der Waals surface area contributed by atoms with Gasteiger partial charge in [0.25, 0.3) is 5.56 Å². The van der Waals surface area contributed by atoms with Gasteiger partial charge in [-0.2, -0.15) is 0 Å². The fourth-order valence-electron chi connectivity index (χ4n) is 2.31. The number of nitrogen functional groups attached to an aromatic ring is 1. The third kappa shape index (κ3) is 2.49. The van der Waals surface area contributed by atoms with Crippen molar-refractivity contribution < 1.29 is 0 Å². The van der Waals surface area contributed by atoms with Crippen LogP contribution >= 0.6 is 15.9 Å². The van der Waals surface area contributed by atoms with Gasteiger partial charge in [-0.15, -0.1) is 0 Å². The molecule has 0 unspecified atom stereocenters. The van der Waals surface area contributed by atoms with E-state index in [1.165, 1.54) is 11.5 Å². The molecule has 4 nitrogen and oxygen atoms in total. The van der Waals surface area contributed by atoms with Gasteiger partial charge in [-0.3, -0.25) is 4.79 Å². The standard InChI is InChI=1S/C15H14BrN3O/c16-12-1-3-14-11(9-12)5-6-18(14)7-8-19-10-13(17)2-4-15(19)20/h1-6,9-10H,7-8,17H2. The molecule has 2 aromatic heterocycles. The number of aromatic nitrogens is 2. The van der Waals surface area contributed by atoms with Crippen molar-refractivity contribution in [1.82, 2.24) is 9.13 Å². The number of benzene rings is 1.